The number of ether oxygens (including phenoxy) is 2. The molecule has 0 spiro atoms. The molecule has 0 aromatic rings. The topological polar surface area (TPSA) is 75.2 Å². The first-order valence-corrected chi connectivity index (χ1v) is 10.3. The molecular weight excluding hydrogens is 344 g/mol. The van der Waals surface area contributed by atoms with Gasteiger partial charge in [-0.1, -0.05) is 13.8 Å². The summed E-state index contributed by atoms with van der Waals surface area (Å²) in [6.07, 6.45) is 1.68. The lowest BCUT2D eigenvalue weighted by molar-refractivity contribution is 0.0266. The minimum Gasteiger partial charge on any atom is -0.444 e. The van der Waals surface area contributed by atoms with Gasteiger partial charge in [0.1, 0.15) is 5.60 Å². The Balaban J connectivity index is 2.56. The van der Waals surface area contributed by atoms with E-state index in [9.17, 15) is 4.79 Å². The monoisotopic (exact) mass is 384 g/mol. The highest BCUT2D eigenvalue weighted by molar-refractivity contribution is 5.80. The van der Waals surface area contributed by atoms with Crippen LogP contribution >= 0.6 is 0 Å². The molecule has 158 valence electrons. The molecule has 7 nitrogen and oxygen atoms in total. The molecule has 2 unspecified atom stereocenters. The number of hydrogen-bond acceptors (Lipinski definition) is 4. The van der Waals surface area contributed by atoms with E-state index in [1.54, 1.807) is 0 Å². The highest BCUT2D eigenvalue weighted by Crippen LogP contribution is 2.13. The molecule has 1 aliphatic heterocycles. The first kappa shape index (κ1) is 23.5. The highest BCUT2D eigenvalue weighted by atomic mass is 16.6. The summed E-state index contributed by atoms with van der Waals surface area (Å²) in [7, 11) is 0. The predicted molar refractivity (Wildman–Crippen MR) is 110 cm³/mol. The summed E-state index contributed by atoms with van der Waals surface area (Å²) < 4.78 is 11.2. The quantitative estimate of drug-likeness (QED) is 0.497. The van der Waals surface area contributed by atoms with E-state index < -0.39 is 5.60 Å². The number of guanidine groups is 1. The molecule has 0 aliphatic carbocycles. The predicted octanol–water partition coefficient (Wildman–Crippen LogP) is 3.00. The Morgan fingerprint density at radius 1 is 1.30 bits per heavy atom. The van der Waals surface area contributed by atoms with Crippen LogP contribution in [0.1, 0.15) is 61.3 Å². The van der Waals surface area contributed by atoms with Crippen LogP contribution in [0.15, 0.2) is 4.99 Å². The van der Waals surface area contributed by atoms with Gasteiger partial charge in [-0.3, -0.25) is 4.99 Å². The number of carbonyl (C=O) groups excluding carboxylic acids is 1. The van der Waals surface area contributed by atoms with E-state index in [1.807, 2.05) is 27.7 Å². The van der Waals surface area contributed by atoms with Gasteiger partial charge in [0.15, 0.2) is 5.96 Å². The molecule has 1 saturated heterocycles. The smallest absolute Gasteiger partial charge is 0.407 e. The standard InChI is InChI=1S/C20H40N4O3/c1-8-21-18(22-12-10-17(15(3)4)26-9-2)24-13-11-16(14-24)23-19(25)27-20(5,6)7/h15-17H,8-14H2,1-7H3,(H,21,22)(H,23,25). The number of nitrogens with one attached hydrogen (secondary N) is 2. The van der Waals surface area contributed by atoms with Gasteiger partial charge in [0.2, 0.25) is 0 Å². The number of amides is 1. The van der Waals surface area contributed by atoms with Crippen molar-refractivity contribution in [2.24, 2.45) is 10.9 Å². The summed E-state index contributed by atoms with van der Waals surface area (Å²) in [6, 6.07) is 0.0792. The van der Waals surface area contributed by atoms with Gasteiger partial charge in [-0.15, -0.1) is 0 Å². The summed E-state index contributed by atoms with van der Waals surface area (Å²) in [4.78, 5) is 19.0. The normalized spacial score (nSPS) is 19.3. The summed E-state index contributed by atoms with van der Waals surface area (Å²) in [6.45, 7) is 18.0. The van der Waals surface area contributed by atoms with Crippen LogP contribution in [0.4, 0.5) is 4.79 Å². The molecule has 1 amide bonds. The third-order valence-electron chi connectivity index (χ3n) is 4.34. The molecule has 1 aliphatic rings. The summed E-state index contributed by atoms with van der Waals surface area (Å²) >= 11 is 0. The van der Waals surface area contributed by atoms with Crippen molar-refractivity contribution in [1.82, 2.24) is 15.5 Å². The van der Waals surface area contributed by atoms with Crippen molar-refractivity contribution in [3.05, 3.63) is 0 Å². The zero-order chi connectivity index (χ0) is 20.4. The van der Waals surface area contributed by atoms with Crippen LogP contribution in [-0.4, -0.2) is 67.5 Å². The van der Waals surface area contributed by atoms with Crippen molar-refractivity contribution >= 4 is 12.1 Å². The van der Waals surface area contributed by atoms with Gasteiger partial charge in [0, 0.05) is 32.8 Å². The number of nitrogens with zero attached hydrogens (tertiary/aromatic N) is 2. The molecule has 0 aromatic heterocycles. The molecule has 0 saturated carbocycles. The Labute approximate surface area is 165 Å². The second-order valence-electron chi connectivity index (χ2n) is 8.34. The summed E-state index contributed by atoms with van der Waals surface area (Å²) in [5, 5.41) is 6.33. The number of carbonyl (C=O) groups is 1. The van der Waals surface area contributed by atoms with Crippen LogP contribution < -0.4 is 10.6 Å². The number of likely N-dealkylation sites (tertiary alicyclic amines) is 1. The van der Waals surface area contributed by atoms with E-state index in [2.05, 4.69) is 36.3 Å². The summed E-state index contributed by atoms with van der Waals surface area (Å²) in [5.41, 5.74) is -0.480. The fourth-order valence-electron chi connectivity index (χ4n) is 3.09. The maximum absolute atomic E-state index is 12.0. The lowest BCUT2D eigenvalue weighted by atomic mass is 10.0. The molecule has 0 bridgehead atoms. The van der Waals surface area contributed by atoms with Crippen LogP contribution in [0.25, 0.3) is 0 Å². The zero-order valence-corrected chi connectivity index (χ0v) is 18.3. The maximum atomic E-state index is 12.0. The Morgan fingerprint density at radius 3 is 2.56 bits per heavy atom. The molecule has 7 heteroatoms. The number of rotatable bonds is 8. The van der Waals surface area contributed by atoms with E-state index in [-0.39, 0.29) is 18.2 Å². The van der Waals surface area contributed by atoms with Crippen molar-refractivity contribution in [2.45, 2.75) is 79.1 Å². The van der Waals surface area contributed by atoms with Crippen LogP contribution in [0, 0.1) is 5.92 Å². The van der Waals surface area contributed by atoms with Crippen LogP contribution in [0.2, 0.25) is 0 Å². The number of alkyl carbamates (subject to hydrolysis) is 1. The lowest BCUT2D eigenvalue weighted by Gasteiger charge is -2.24. The van der Waals surface area contributed by atoms with E-state index in [0.29, 0.717) is 5.92 Å². The second kappa shape index (κ2) is 11.4. The van der Waals surface area contributed by atoms with E-state index in [4.69, 9.17) is 14.5 Å². The van der Waals surface area contributed by atoms with Crippen molar-refractivity contribution in [1.29, 1.82) is 0 Å². The Hall–Kier alpha value is -1.50. The van der Waals surface area contributed by atoms with E-state index in [0.717, 1.165) is 51.6 Å². The molecule has 0 aromatic carbocycles. The van der Waals surface area contributed by atoms with Crippen LogP contribution in [-0.2, 0) is 9.47 Å². The van der Waals surface area contributed by atoms with Gasteiger partial charge in [0.25, 0.3) is 0 Å². The van der Waals surface area contributed by atoms with Gasteiger partial charge in [-0.25, -0.2) is 4.79 Å². The largest absolute Gasteiger partial charge is 0.444 e. The van der Waals surface area contributed by atoms with Crippen molar-refractivity contribution in [3.8, 4) is 0 Å². The third kappa shape index (κ3) is 9.31. The van der Waals surface area contributed by atoms with E-state index >= 15 is 0 Å². The van der Waals surface area contributed by atoms with Crippen LogP contribution in [0.5, 0.6) is 0 Å². The fraction of sp³-hybridized carbons (Fsp3) is 0.900. The number of aliphatic imine (C=N–C) groups is 1. The van der Waals surface area contributed by atoms with Crippen molar-refractivity contribution < 1.29 is 14.3 Å². The molecule has 1 rings (SSSR count). The van der Waals surface area contributed by atoms with Crippen LogP contribution in [0.3, 0.4) is 0 Å². The Kier molecular flexibility index (Phi) is 9.91. The lowest BCUT2D eigenvalue weighted by Crippen LogP contribution is -2.44. The number of hydrogen-bond donors (Lipinski definition) is 2. The van der Waals surface area contributed by atoms with Crippen molar-refractivity contribution in [3.63, 3.8) is 0 Å². The average Bonchev–Trinajstić information content (AvgIpc) is 2.99. The first-order valence-electron chi connectivity index (χ1n) is 10.3. The second-order valence-corrected chi connectivity index (χ2v) is 8.34. The minimum absolute atomic E-state index is 0.0792. The van der Waals surface area contributed by atoms with Gasteiger partial charge < -0.3 is 25.0 Å². The minimum atomic E-state index is -0.480. The zero-order valence-electron chi connectivity index (χ0n) is 18.3. The summed E-state index contributed by atoms with van der Waals surface area (Å²) in [5.74, 6) is 1.39. The van der Waals surface area contributed by atoms with Gasteiger partial charge in [0.05, 0.1) is 12.1 Å². The Bertz CT molecular complexity index is 474. The molecule has 1 fully saturated rings. The fourth-order valence-corrected chi connectivity index (χ4v) is 3.09. The molecule has 1 heterocycles. The molecule has 27 heavy (non-hydrogen) atoms. The van der Waals surface area contributed by atoms with E-state index in [1.165, 1.54) is 0 Å². The van der Waals surface area contributed by atoms with Crippen molar-refractivity contribution in [2.75, 3.05) is 32.8 Å². The Morgan fingerprint density at radius 2 is 2.00 bits per heavy atom. The molecular formula is C20H40N4O3. The third-order valence-corrected chi connectivity index (χ3v) is 4.34. The van der Waals surface area contributed by atoms with Gasteiger partial charge >= 0.3 is 6.09 Å². The average molecular weight is 385 g/mol. The molecule has 2 N–H and O–H groups in total. The maximum Gasteiger partial charge on any atom is 0.407 e. The molecule has 0 radical (unpaired) electrons. The first-order chi connectivity index (χ1) is 12.7. The van der Waals surface area contributed by atoms with Gasteiger partial charge in [-0.05, 0) is 53.4 Å². The van der Waals surface area contributed by atoms with Gasteiger partial charge in [-0.2, -0.15) is 0 Å². The molecule has 2 atom stereocenters. The SMILES string of the molecule is CCNC(=NCCC(OCC)C(C)C)N1CCC(NC(=O)OC(C)(C)C)C1. The highest BCUT2D eigenvalue weighted by Gasteiger charge is 2.27.